The number of nitrogens with one attached hydrogen (secondary N) is 3. The molecule has 0 bridgehead atoms. The predicted molar refractivity (Wildman–Crippen MR) is 232 cm³/mol. The van der Waals surface area contributed by atoms with Gasteiger partial charge in [-0.2, -0.15) is 4.39 Å². The van der Waals surface area contributed by atoms with E-state index in [1.54, 1.807) is 62.4 Å². The summed E-state index contributed by atoms with van der Waals surface area (Å²) < 4.78 is 88.5. The number of cyclic esters (lactones) is 1. The Morgan fingerprint density at radius 3 is 2.22 bits per heavy atom. The fourth-order valence-electron chi connectivity index (χ4n) is 9.87. The van der Waals surface area contributed by atoms with Crippen LogP contribution in [-0.4, -0.2) is 150 Å². The van der Waals surface area contributed by atoms with Gasteiger partial charge in [-0.3, -0.25) is 4.79 Å². The number of carbonyl (C=O) groups is 1. The van der Waals surface area contributed by atoms with Crippen LogP contribution in [-0.2, 0) is 33.2 Å². The molecule has 0 amide bonds. The fourth-order valence-corrected chi connectivity index (χ4v) is 9.87. The van der Waals surface area contributed by atoms with Crippen molar-refractivity contribution in [3.8, 4) is 5.75 Å². The highest BCUT2D eigenvalue weighted by atomic mass is 19.2. The molecule has 1 aromatic carbocycles. The van der Waals surface area contributed by atoms with Gasteiger partial charge in [0.15, 0.2) is 36.1 Å². The molecular formula is C46H78F3N3O12. The standard InChI is InChI=1S/C46H78F3N3O12/c1-14-18-51-23-46(57)29(8)60-34(21-44(46,10)58-13)63-37-26(5)40(64-42-38(31(50-12)19-25(4)59-42)61-32-17-16-30(47)35(48)36(32)49)43(9,55)20-24(3)22-52-28(7)39(53)45(11,56)33(15-2)62-41(54)27(37)6/h16-17,24-29,31,33-34,37-40,42,50-53,55-57H,14-15,18-23H2,1-13H3/t24-,25-,26+,27-,28-,29+,31+,33-,34+,37+,38-,39-,40-,42+,43-,44-,45-,46+/m1/s1. The molecule has 370 valence electrons. The maximum Gasteiger partial charge on any atom is 0.311 e. The van der Waals surface area contributed by atoms with Crippen molar-refractivity contribution in [3.63, 3.8) is 0 Å². The first kappa shape index (κ1) is 54.4. The molecule has 0 saturated carbocycles. The molecule has 0 unspecified atom stereocenters. The SMILES string of the molecule is CCCNC[C@]1(O)[C@H](C)O[C@@H](O[C@H]2[C@H](C)[C@@H](O[C@@H]3O[C@H](C)C[C@H](NC)[C@H]3Oc3ccc(F)c(F)c3F)[C@](C)(O)C[C@@H](C)CN[C@H](C)[C@@H](O)[C@](C)(O)[C@@H](CC)OC(=O)[C@@H]2C)C[C@@]1(C)OC. The molecule has 3 saturated heterocycles. The molecule has 0 radical (unpaired) electrons. The van der Waals surface area contributed by atoms with E-state index in [0.717, 1.165) is 18.6 Å². The van der Waals surface area contributed by atoms with Crippen molar-refractivity contribution < 1.29 is 71.5 Å². The van der Waals surface area contributed by atoms with Crippen LogP contribution >= 0.6 is 0 Å². The maximum atomic E-state index is 15.2. The third kappa shape index (κ3) is 11.9. The van der Waals surface area contributed by atoms with Crippen LogP contribution in [0.3, 0.4) is 0 Å². The van der Waals surface area contributed by atoms with Gasteiger partial charge in [-0.1, -0.05) is 27.7 Å². The van der Waals surface area contributed by atoms with E-state index in [2.05, 4.69) is 16.0 Å². The Hall–Kier alpha value is -2.20. The van der Waals surface area contributed by atoms with Crippen LogP contribution < -0.4 is 20.7 Å². The average Bonchev–Trinajstić information content (AvgIpc) is 3.24. The summed E-state index contributed by atoms with van der Waals surface area (Å²) in [6, 6.07) is 0.473. The molecule has 0 aromatic heterocycles. The topological polar surface area (TPSA) is 199 Å². The molecule has 1 aromatic rings. The number of esters is 1. The molecule has 4 rings (SSSR count). The minimum Gasteiger partial charge on any atom is -0.480 e. The Bertz CT molecular complexity index is 1670. The van der Waals surface area contributed by atoms with Gasteiger partial charge < -0.3 is 69.5 Å². The molecular weight excluding hydrogens is 844 g/mol. The number of benzene rings is 1. The zero-order valence-electron chi connectivity index (χ0n) is 40.1. The summed E-state index contributed by atoms with van der Waals surface area (Å²) in [5.41, 5.74) is -6.38. The lowest BCUT2D eigenvalue weighted by Gasteiger charge is -2.53. The Morgan fingerprint density at radius 2 is 1.61 bits per heavy atom. The summed E-state index contributed by atoms with van der Waals surface area (Å²) in [6.45, 7) is 20.0. The largest absolute Gasteiger partial charge is 0.480 e. The van der Waals surface area contributed by atoms with Crippen LogP contribution in [0.1, 0.15) is 108 Å². The fraction of sp³-hybridized carbons (Fsp3) is 0.848. The van der Waals surface area contributed by atoms with Gasteiger partial charge in [0, 0.05) is 32.0 Å². The predicted octanol–water partition coefficient (Wildman–Crippen LogP) is 4.09. The zero-order valence-corrected chi connectivity index (χ0v) is 40.1. The Labute approximate surface area is 377 Å². The van der Waals surface area contributed by atoms with E-state index in [0.29, 0.717) is 13.0 Å². The number of methoxy groups -OCH3 is 1. The van der Waals surface area contributed by atoms with Crippen LogP contribution in [0.5, 0.6) is 5.75 Å². The first-order valence-electron chi connectivity index (χ1n) is 23.0. The van der Waals surface area contributed by atoms with Crippen LogP contribution in [0.4, 0.5) is 13.2 Å². The number of aliphatic hydroxyl groups excluding tert-OH is 1. The van der Waals surface area contributed by atoms with E-state index in [9.17, 15) is 34.0 Å². The smallest absolute Gasteiger partial charge is 0.311 e. The second kappa shape index (κ2) is 22.3. The van der Waals surface area contributed by atoms with Crippen LogP contribution in [0.15, 0.2) is 12.1 Å². The quantitative estimate of drug-likeness (QED) is 0.0848. The number of hydrogen-bond donors (Lipinski definition) is 7. The summed E-state index contributed by atoms with van der Waals surface area (Å²) in [5, 5.41) is 57.8. The zero-order chi connectivity index (χ0) is 48.1. The van der Waals surface area contributed by atoms with Gasteiger partial charge in [0.05, 0.1) is 42.0 Å². The molecule has 3 fully saturated rings. The van der Waals surface area contributed by atoms with Crippen molar-refractivity contribution >= 4 is 5.97 Å². The summed E-state index contributed by atoms with van der Waals surface area (Å²) in [5.74, 6) is -8.40. The number of carbonyl (C=O) groups excluding carboxylic acids is 1. The number of halogens is 3. The number of aliphatic hydroxyl groups is 4. The second-order valence-corrected chi connectivity index (χ2v) is 19.3. The Balaban J connectivity index is 1.87. The lowest BCUT2D eigenvalue weighted by molar-refractivity contribution is -0.335. The number of ether oxygens (including phenoxy) is 7. The third-order valence-corrected chi connectivity index (χ3v) is 14.0. The summed E-state index contributed by atoms with van der Waals surface area (Å²) in [4.78, 5) is 14.5. The maximum absolute atomic E-state index is 15.2. The van der Waals surface area contributed by atoms with E-state index in [4.69, 9.17) is 33.2 Å². The summed E-state index contributed by atoms with van der Waals surface area (Å²) >= 11 is 0. The van der Waals surface area contributed by atoms with Gasteiger partial charge in [0.25, 0.3) is 0 Å². The van der Waals surface area contributed by atoms with Crippen molar-refractivity contribution in [2.45, 2.75) is 198 Å². The molecule has 3 aliphatic rings. The molecule has 7 N–H and O–H groups in total. The van der Waals surface area contributed by atoms with Crippen molar-refractivity contribution in [1.82, 2.24) is 16.0 Å². The Morgan fingerprint density at radius 1 is 0.938 bits per heavy atom. The molecule has 3 aliphatic heterocycles. The van der Waals surface area contributed by atoms with Gasteiger partial charge in [-0.15, -0.1) is 0 Å². The number of rotatable bonds is 13. The van der Waals surface area contributed by atoms with Gasteiger partial charge in [0.2, 0.25) is 5.82 Å². The number of hydrogen-bond acceptors (Lipinski definition) is 15. The minimum absolute atomic E-state index is 0.00688. The monoisotopic (exact) mass is 922 g/mol. The van der Waals surface area contributed by atoms with E-state index in [-0.39, 0.29) is 38.3 Å². The second-order valence-electron chi connectivity index (χ2n) is 19.3. The van der Waals surface area contributed by atoms with E-state index >= 15 is 4.39 Å². The highest BCUT2D eigenvalue weighted by Gasteiger charge is 2.58. The summed E-state index contributed by atoms with van der Waals surface area (Å²) in [6.07, 6.45) is -8.54. The molecule has 15 nitrogen and oxygen atoms in total. The highest BCUT2D eigenvalue weighted by Crippen LogP contribution is 2.43. The molecule has 0 aliphatic carbocycles. The van der Waals surface area contributed by atoms with Crippen molar-refractivity contribution in [2.75, 3.05) is 33.8 Å². The third-order valence-electron chi connectivity index (χ3n) is 14.0. The lowest BCUT2D eigenvalue weighted by Crippen LogP contribution is -2.70. The molecule has 3 heterocycles. The minimum atomic E-state index is -1.89. The van der Waals surface area contributed by atoms with Gasteiger partial charge in [-0.25, -0.2) is 8.78 Å². The number of likely N-dealkylation sites (N-methyl/N-ethyl adjacent to an activating group) is 1. The van der Waals surface area contributed by atoms with Gasteiger partial charge in [-0.05, 0) is 112 Å². The van der Waals surface area contributed by atoms with Crippen molar-refractivity contribution in [2.24, 2.45) is 17.8 Å². The molecule has 18 heteroatoms. The lowest BCUT2D eigenvalue weighted by atomic mass is 9.75. The first-order chi connectivity index (χ1) is 29.8. The Kier molecular flexibility index (Phi) is 18.9. The van der Waals surface area contributed by atoms with E-state index in [1.165, 1.54) is 14.0 Å². The van der Waals surface area contributed by atoms with Crippen molar-refractivity contribution in [3.05, 3.63) is 29.6 Å². The summed E-state index contributed by atoms with van der Waals surface area (Å²) in [7, 11) is 3.15. The van der Waals surface area contributed by atoms with Gasteiger partial charge >= 0.3 is 5.97 Å². The van der Waals surface area contributed by atoms with E-state index < -0.39 is 131 Å². The van der Waals surface area contributed by atoms with E-state index in [1.807, 2.05) is 13.8 Å². The van der Waals surface area contributed by atoms with Gasteiger partial charge in [0.1, 0.15) is 29.0 Å². The first-order valence-corrected chi connectivity index (χ1v) is 23.0. The molecule has 64 heavy (non-hydrogen) atoms. The van der Waals surface area contributed by atoms with Crippen LogP contribution in [0.2, 0.25) is 0 Å². The molecule has 18 atom stereocenters. The average molecular weight is 922 g/mol. The van der Waals surface area contributed by atoms with Crippen molar-refractivity contribution in [1.29, 1.82) is 0 Å². The molecule has 0 spiro atoms. The van der Waals surface area contributed by atoms with Crippen LogP contribution in [0, 0.1) is 35.2 Å². The normalized spacial score (nSPS) is 43.2. The van der Waals surface area contributed by atoms with Crippen LogP contribution in [0.25, 0.3) is 0 Å². The highest BCUT2D eigenvalue weighted by molar-refractivity contribution is 5.73.